The van der Waals surface area contributed by atoms with Gasteiger partial charge in [-0.05, 0) is 12.1 Å². The van der Waals surface area contributed by atoms with Crippen molar-refractivity contribution in [2.24, 2.45) is 0 Å². The Hall–Kier alpha value is -1.84. The molecule has 2 amide bonds. The second-order valence-electron chi connectivity index (χ2n) is 3.05. The molecule has 0 radical (unpaired) electrons. The molecule has 0 saturated heterocycles. The zero-order valence-electron chi connectivity index (χ0n) is 8.98. The van der Waals surface area contributed by atoms with Crippen LogP contribution in [-0.2, 0) is 9.59 Å². The Bertz CT molecular complexity index is 373. The van der Waals surface area contributed by atoms with Gasteiger partial charge in [0.25, 0.3) is 0 Å². The molecule has 15 heavy (non-hydrogen) atoms. The van der Waals surface area contributed by atoms with Crippen LogP contribution in [-0.4, -0.2) is 18.9 Å². The Kier molecular flexibility index (Phi) is 3.44. The maximum Gasteiger partial charge on any atom is 0.230 e. The van der Waals surface area contributed by atoms with E-state index in [0.717, 1.165) is 4.90 Å². The van der Waals surface area contributed by atoms with Crippen LogP contribution in [0.15, 0.2) is 24.3 Å². The molecule has 1 rings (SSSR count). The summed E-state index contributed by atoms with van der Waals surface area (Å²) in [6.07, 6.45) is 0. The highest BCUT2D eigenvalue weighted by Gasteiger charge is 2.19. The molecule has 0 bridgehead atoms. The summed E-state index contributed by atoms with van der Waals surface area (Å²) in [6, 6.07) is 6.90. The second kappa shape index (κ2) is 4.59. The molecule has 0 aromatic heterocycles. The van der Waals surface area contributed by atoms with Crippen molar-refractivity contribution in [3.63, 3.8) is 0 Å². The third-order valence-corrected chi connectivity index (χ3v) is 1.96. The first-order valence-corrected chi connectivity index (χ1v) is 4.52. The van der Waals surface area contributed by atoms with E-state index < -0.39 is 0 Å². The first-order valence-electron chi connectivity index (χ1n) is 4.52. The van der Waals surface area contributed by atoms with Gasteiger partial charge >= 0.3 is 0 Å². The lowest BCUT2D eigenvalue weighted by Gasteiger charge is -2.19. The highest BCUT2D eigenvalue weighted by molar-refractivity contribution is 6.14. The van der Waals surface area contributed by atoms with E-state index in [4.69, 9.17) is 4.74 Å². The standard InChI is InChI=1S/C11H13NO3/c1-8(13)12(9(2)14)10-6-4-5-7-11(10)15-3/h4-7H,1-3H3. The first kappa shape index (κ1) is 11.2. The van der Waals surface area contributed by atoms with Crippen molar-refractivity contribution in [2.45, 2.75) is 13.8 Å². The average molecular weight is 207 g/mol. The molecule has 4 nitrogen and oxygen atoms in total. The van der Waals surface area contributed by atoms with E-state index in [1.165, 1.54) is 21.0 Å². The van der Waals surface area contributed by atoms with Crippen LogP contribution < -0.4 is 9.64 Å². The van der Waals surface area contributed by atoms with Gasteiger partial charge in [-0.15, -0.1) is 0 Å². The van der Waals surface area contributed by atoms with Crippen molar-refractivity contribution in [3.05, 3.63) is 24.3 Å². The molecule has 0 aliphatic rings. The maximum absolute atomic E-state index is 11.3. The zero-order valence-corrected chi connectivity index (χ0v) is 8.98. The average Bonchev–Trinajstić information content (AvgIpc) is 2.17. The molecular weight excluding hydrogens is 194 g/mol. The van der Waals surface area contributed by atoms with Gasteiger partial charge in [0.2, 0.25) is 11.8 Å². The molecule has 0 fully saturated rings. The number of amides is 2. The number of rotatable bonds is 2. The van der Waals surface area contributed by atoms with Crippen molar-refractivity contribution in [1.82, 2.24) is 0 Å². The number of methoxy groups -OCH3 is 1. The molecule has 1 aromatic carbocycles. The summed E-state index contributed by atoms with van der Waals surface area (Å²) in [5.41, 5.74) is 0.472. The lowest BCUT2D eigenvalue weighted by Crippen LogP contribution is -2.33. The van der Waals surface area contributed by atoms with Crippen molar-refractivity contribution in [1.29, 1.82) is 0 Å². The number of carbonyl (C=O) groups is 2. The van der Waals surface area contributed by atoms with Crippen molar-refractivity contribution in [2.75, 3.05) is 12.0 Å². The monoisotopic (exact) mass is 207 g/mol. The lowest BCUT2D eigenvalue weighted by atomic mass is 10.2. The quantitative estimate of drug-likeness (QED) is 0.739. The summed E-state index contributed by atoms with van der Waals surface area (Å²) in [5, 5.41) is 0. The lowest BCUT2D eigenvalue weighted by molar-refractivity contribution is -0.124. The molecule has 0 saturated carbocycles. The predicted molar refractivity (Wildman–Crippen MR) is 56.8 cm³/mol. The topological polar surface area (TPSA) is 46.6 Å². The summed E-state index contributed by atoms with van der Waals surface area (Å²) in [6.45, 7) is 2.68. The molecular formula is C11H13NO3. The molecule has 0 unspecified atom stereocenters. The zero-order chi connectivity index (χ0) is 11.4. The van der Waals surface area contributed by atoms with Gasteiger partial charge in [0.15, 0.2) is 0 Å². The summed E-state index contributed by atoms with van der Waals surface area (Å²) in [7, 11) is 1.50. The molecule has 0 heterocycles. The van der Waals surface area contributed by atoms with E-state index in [2.05, 4.69) is 0 Å². The van der Waals surface area contributed by atoms with Crippen LogP contribution >= 0.6 is 0 Å². The fraction of sp³-hybridized carbons (Fsp3) is 0.273. The number of imide groups is 1. The third kappa shape index (κ3) is 2.34. The van der Waals surface area contributed by atoms with Crippen LogP contribution in [0.3, 0.4) is 0 Å². The van der Waals surface area contributed by atoms with E-state index in [-0.39, 0.29) is 11.8 Å². The number of hydrogen-bond acceptors (Lipinski definition) is 3. The number of ether oxygens (including phenoxy) is 1. The van der Waals surface area contributed by atoms with Crippen LogP contribution in [0.2, 0.25) is 0 Å². The van der Waals surface area contributed by atoms with Gasteiger partial charge in [-0.3, -0.25) is 9.59 Å². The molecule has 0 aliphatic heterocycles. The Morgan fingerprint density at radius 2 is 1.67 bits per heavy atom. The summed E-state index contributed by atoms with van der Waals surface area (Å²) < 4.78 is 5.08. The molecule has 80 valence electrons. The highest BCUT2D eigenvalue weighted by Crippen LogP contribution is 2.27. The minimum Gasteiger partial charge on any atom is -0.495 e. The van der Waals surface area contributed by atoms with Crippen LogP contribution in [0.1, 0.15) is 13.8 Å². The third-order valence-electron chi connectivity index (χ3n) is 1.96. The SMILES string of the molecule is COc1ccccc1N(C(C)=O)C(C)=O. The van der Waals surface area contributed by atoms with E-state index in [9.17, 15) is 9.59 Å². The summed E-state index contributed by atoms with van der Waals surface area (Å²) >= 11 is 0. The summed E-state index contributed by atoms with van der Waals surface area (Å²) in [5.74, 6) is -0.151. The highest BCUT2D eigenvalue weighted by atomic mass is 16.5. The van der Waals surface area contributed by atoms with Gasteiger partial charge in [-0.2, -0.15) is 0 Å². The Morgan fingerprint density at radius 3 is 2.13 bits per heavy atom. The largest absolute Gasteiger partial charge is 0.495 e. The smallest absolute Gasteiger partial charge is 0.230 e. The van der Waals surface area contributed by atoms with Crippen molar-refractivity contribution < 1.29 is 14.3 Å². The number of hydrogen-bond donors (Lipinski definition) is 0. The molecule has 0 spiro atoms. The van der Waals surface area contributed by atoms with Gasteiger partial charge in [0.1, 0.15) is 5.75 Å². The first-order chi connectivity index (χ1) is 7.07. The van der Waals surface area contributed by atoms with Crippen molar-refractivity contribution >= 4 is 17.5 Å². The number of benzene rings is 1. The number of anilines is 1. The van der Waals surface area contributed by atoms with E-state index >= 15 is 0 Å². The van der Waals surface area contributed by atoms with Gasteiger partial charge in [-0.1, -0.05) is 12.1 Å². The molecule has 0 aliphatic carbocycles. The normalized spacial score (nSPS) is 9.53. The number of carbonyl (C=O) groups excluding carboxylic acids is 2. The van der Waals surface area contributed by atoms with E-state index in [1.807, 2.05) is 0 Å². The predicted octanol–water partition coefficient (Wildman–Crippen LogP) is 1.59. The second-order valence-corrected chi connectivity index (χ2v) is 3.05. The Balaban J connectivity index is 3.22. The van der Waals surface area contributed by atoms with Crippen LogP contribution in [0.25, 0.3) is 0 Å². The molecule has 0 N–H and O–H groups in total. The molecule has 1 aromatic rings. The molecule has 4 heteroatoms. The van der Waals surface area contributed by atoms with Gasteiger partial charge in [0.05, 0.1) is 12.8 Å². The van der Waals surface area contributed by atoms with Gasteiger partial charge in [-0.25, -0.2) is 4.90 Å². The van der Waals surface area contributed by atoms with Crippen molar-refractivity contribution in [3.8, 4) is 5.75 Å². The maximum atomic E-state index is 11.3. The minimum absolute atomic E-state index is 0.327. The summed E-state index contributed by atoms with van der Waals surface area (Å²) in [4.78, 5) is 23.7. The van der Waals surface area contributed by atoms with Crippen LogP contribution in [0.5, 0.6) is 5.75 Å². The fourth-order valence-corrected chi connectivity index (χ4v) is 1.38. The molecule has 0 atom stereocenters. The van der Waals surface area contributed by atoms with E-state index in [1.54, 1.807) is 24.3 Å². The van der Waals surface area contributed by atoms with Gasteiger partial charge in [0, 0.05) is 13.8 Å². The Morgan fingerprint density at radius 1 is 1.13 bits per heavy atom. The van der Waals surface area contributed by atoms with Gasteiger partial charge < -0.3 is 4.74 Å². The van der Waals surface area contributed by atoms with E-state index in [0.29, 0.717) is 11.4 Å². The Labute approximate surface area is 88.5 Å². The number of nitrogens with zero attached hydrogens (tertiary/aromatic N) is 1. The fourth-order valence-electron chi connectivity index (χ4n) is 1.38. The van der Waals surface area contributed by atoms with Crippen LogP contribution in [0, 0.1) is 0 Å². The number of para-hydroxylation sites is 2. The van der Waals surface area contributed by atoms with Crippen LogP contribution in [0.4, 0.5) is 5.69 Å². The minimum atomic E-state index is -0.327.